The number of carbonyl (C=O) groups is 4. The second-order valence-corrected chi connectivity index (χ2v) is 7.32. The number of halogens is 1. The monoisotopic (exact) mass is 436 g/mol. The number of esters is 1. The van der Waals surface area contributed by atoms with E-state index in [1.165, 1.54) is 11.8 Å². The smallest absolute Gasteiger partial charge is 0.544 e. The van der Waals surface area contributed by atoms with Crippen molar-refractivity contribution in [3.8, 4) is 0 Å². The number of nitrogens with one attached hydrogen (secondary N) is 1. The fraction of sp³-hybridized carbons (Fsp3) is 0.375. The summed E-state index contributed by atoms with van der Waals surface area (Å²) in [4.78, 5) is 53.2. The van der Waals surface area contributed by atoms with E-state index < -0.39 is 35.5 Å². The molecule has 3 rings (SSSR count). The Hall–Kier alpha value is -1.30. The molecule has 1 unspecified atom stereocenters. The zero-order chi connectivity index (χ0) is 19.6. The molecule has 0 aliphatic carbocycles. The molecule has 0 spiro atoms. The predicted octanol–water partition coefficient (Wildman–Crippen LogP) is -3.52. The second kappa shape index (κ2) is 9.47. The summed E-state index contributed by atoms with van der Waals surface area (Å²) in [6, 6.07) is 5.80. The number of hydrogen-bond donors (Lipinski definition) is 1. The van der Waals surface area contributed by atoms with E-state index in [0.717, 1.165) is 4.90 Å². The summed E-state index contributed by atoms with van der Waals surface area (Å²) in [5.41, 5.74) is -2.30. The van der Waals surface area contributed by atoms with E-state index in [9.17, 15) is 24.3 Å². The Labute approximate surface area is 191 Å². The fourth-order valence-electron chi connectivity index (χ4n) is 2.66. The summed E-state index contributed by atoms with van der Waals surface area (Å²) in [6.45, 7) is -0.275. The molecule has 9 nitrogen and oxygen atoms in total. The van der Waals surface area contributed by atoms with Gasteiger partial charge in [0.15, 0.2) is 0 Å². The van der Waals surface area contributed by atoms with Gasteiger partial charge in [-0.2, -0.15) is 5.06 Å². The number of carbonyl (C=O) groups excluding carboxylic acids is 4. The summed E-state index contributed by atoms with van der Waals surface area (Å²) in [7, 11) is 0. The molecule has 0 bridgehead atoms. The van der Waals surface area contributed by atoms with Gasteiger partial charge in [0.05, 0.1) is 12.2 Å². The van der Waals surface area contributed by atoms with Crippen LogP contribution in [-0.4, -0.2) is 52.9 Å². The summed E-state index contributed by atoms with van der Waals surface area (Å²) in [5.74, 6) is -3.76. The minimum atomic E-state index is -2.30. The standard InChI is InChI=1S/C16H15ClN2O7S.Na/c17-9-1-3-10(4-2-9)27-8-12(20)18-11-7-25-19(14(11)22)16(15(23)24)6-5-13(21)26-16;/h1-4,11H,5-8H2,(H,18,20)(H,23,24);/q;+1/p-1/t11-,16?;/m0./s1. The molecule has 2 fully saturated rings. The molecule has 12 heteroatoms. The van der Waals surface area contributed by atoms with E-state index in [-0.39, 0.29) is 54.8 Å². The van der Waals surface area contributed by atoms with Crippen LogP contribution in [-0.2, 0) is 28.8 Å². The van der Waals surface area contributed by atoms with Gasteiger partial charge in [-0.15, -0.1) is 11.8 Å². The van der Waals surface area contributed by atoms with Crippen molar-refractivity contribution in [2.24, 2.45) is 0 Å². The number of cyclic esters (lactones) is 1. The Morgan fingerprint density at radius 3 is 2.57 bits per heavy atom. The maximum absolute atomic E-state index is 12.4. The molecule has 0 aromatic heterocycles. The molecular weight excluding hydrogens is 423 g/mol. The van der Waals surface area contributed by atoms with E-state index in [2.05, 4.69) is 5.32 Å². The topological polar surface area (TPSA) is 125 Å². The molecule has 2 atom stereocenters. The summed E-state index contributed by atoms with van der Waals surface area (Å²) < 4.78 is 4.78. The Morgan fingerprint density at radius 2 is 2.00 bits per heavy atom. The van der Waals surface area contributed by atoms with Crippen molar-refractivity contribution in [3.05, 3.63) is 29.3 Å². The molecule has 144 valence electrons. The van der Waals surface area contributed by atoms with E-state index in [1.807, 2.05) is 0 Å². The Kier molecular flexibility index (Phi) is 7.77. The Morgan fingerprint density at radius 1 is 1.32 bits per heavy atom. The second-order valence-electron chi connectivity index (χ2n) is 5.84. The number of amides is 2. The van der Waals surface area contributed by atoms with Crippen LogP contribution in [0.25, 0.3) is 0 Å². The number of aliphatic carboxylic acids is 1. The first kappa shape index (κ1) is 23.0. The number of thioether (sulfide) groups is 1. The third-order valence-electron chi connectivity index (χ3n) is 3.99. The van der Waals surface area contributed by atoms with Gasteiger partial charge in [0, 0.05) is 16.3 Å². The SMILES string of the molecule is O=C(CSc1ccc(Cl)cc1)N[C@H]1CON(C2(C(=O)[O-])CCC(=O)O2)C1=O.[Na+]. The number of carboxylic acids is 1. The van der Waals surface area contributed by atoms with Crippen LogP contribution in [0.15, 0.2) is 29.2 Å². The van der Waals surface area contributed by atoms with Gasteiger partial charge in [0.2, 0.25) is 5.91 Å². The Balaban J connectivity index is 0.00000280. The molecule has 0 radical (unpaired) electrons. The van der Waals surface area contributed by atoms with Crippen LogP contribution in [0.1, 0.15) is 12.8 Å². The molecule has 2 amide bonds. The number of rotatable bonds is 6. The van der Waals surface area contributed by atoms with Crippen LogP contribution in [0.3, 0.4) is 0 Å². The van der Waals surface area contributed by atoms with Gasteiger partial charge >= 0.3 is 35.5 Å². The number of ether oxygens (including phenoxy) is 1. The molecule has 2 heterocycles. The van der Waals surface area contributed by atoms with E-state index >= 15 is 0 Å². The minimum Gasteiger partial charge on any atom is -0.544 e. The van der Waals surface area contributed by atoms with Crippen LogP contribution < -0.4 is 40.0 Å². The number of nitrogens with zero attached hydrogens (tertiary/aromatic N) is 1. The number of hydroxylamine groups is 2. The van der Waals surface area contributed by atoms with Crippen molar-refractivity contribution in [3.63, 3.8) is 0 Å². The van der Waals surface area contributed by atoms with Crippen LogP contribution in [0.2, 0.25) is 5.02 Å². The quantitative estimate of drug-likeness (QED) is 0.276. The van der Waals surface area contributed by atoms with Gasteiger partial charge in [-0.25, -0.2) is 0 Å². The zero-order valence-electron chi connectivity index (χ0n) is 14.8. The van der Waals surface area contributed by atoms with Gasteiger partial charge in [-0.3, -0.25) is 19.2 Å². The molecule has 2 aliphatic heterocycles. The van der Waals surface area contributed by atoms with E-state index in [4.69, 9.17) is 21.2 Å². The van der Waals surface area contributed by atoms with Crippen molar-refractivity contribution in [2.45, 2.75) is 29.5 Å². The van der Waals surface area contributed by atoms with E-state index in [1.54, 1.807) is 24.3 Å². The van der Waals surface area contributed by atoms with Crippen molar-refractivity contribution in [2.75, 3.05) is 12.4 Å². The van der Waals surface area contributed by atoms with Crippen LogP contribution in [0.5, 0.6) is 0 Å². The summed E-state index contributed by atoms with van der Waals surface area (Å²) >= 11 is 7.03. The van der Waals surface area contributed by atoms with Gasteiger partial charge < -0.3 is 20.0 Å². The third kappa shape index (κ3) is 4.81. The van der Waals surface area contributed by atoms with Crippen LogP contribution in [0.4, 0.5) is 0 Å². The summed E-state index contributed by atoms with van der Waals surface area (Å²) in [6.07, 6.45) is -0.469. The largest absolute Gasteiger partial charge is 1.00 e. The number of hydrogen-bond acceptors (Lipinski definition) is 8. The molecule has 2 saturated heterocycles. The normalized spacial score (nSPS) is 23.9. The number of benzene rings is 1. The Bertz CT molecular complexity index is 794. The van der Waals surface area contributed by atoms with Crippen molar-refractivity contribution in [1.29, 1.82) is 0 Å². The van der Waals surface area contributed by atoms with Crippen molar-refractivity contribution in [1.82, 2.24) is 10.4 Å². The molecule has 1 N–H and O–H groups in total. The molecule has 1 aromatic rings. The zero-order valence-corrected chi connectivity index (χ0v) is 18.4. The predicted molar refractivity (Wildman–Crippen MR) is 90.0 cm³/mol. The van der Waals surface area contributed by atoms with Gasteiger partial charge in [-0.05, 0) is 24.3 Å². The van der Waals surface area contributed by atoms with Gasteiger partial charge in [0.1, 0.15) is 18.6 Å². The fourth-order valence-corrected chi connectivity index (χ4v) is 3.49. The molecule has 2 aliphatic rings. The first-order valence-corrected chi connectivity index (χ1v) is 9.26. The minimum absolute atomic E-state index is 0. The molecule has 1 aromatic carbocycles. The van der Waals surface area contributed by atoms with E-state index in [0.29, 0.717) is 10.1 Å². The maximum atomic E-state index is 12.4. The van der Waals surface area contributed by atoms with Gasteiger partial charge in [-0.1, -0.05) is 11.6 Å². The average Bonchev–Trinajstić information content (AvgIpc) is 3.19. The van der Waals surface area contributed by atoms with Crippen molar-refractivity contribution >= 4 is 47.1 Å². The molecule has 0 saturated carbocycles. The average molecular weight is 437 g/mol. The molecule has 28 heavy (non-hydrogen) atoms. The van der Waals surface area contributed by atoms with Gasteiger partial charge in [0.25, 0.3) is 11.6 Å². The third-order valence-corrected chi connectivity index (χ3v) is 5.25. The van der Waals surface area contributed by atoms with Crippen molar-refractivity contribution < 1.29 is 63.4 Å². The first-order chi connectivity index (χ1) is 12.8. The van der Waals surface area contributed by atoms with Crippen LogP contribution in [0, 0.1) is 0 Å². The summed E-state index contributed by atoms with van der Waals surface area (Å²) in [5, 5.41) is 15.0. The van der Waals surface area contributed by atoms with Crippen LogP contribution >= 0.6 is 23.4 Å². The first-order valence-electron chi connectivity index (χ1n) is 7.90. The molecular formula is C16H14ClN2NaO7S. The number of carboxylic acid groups (broad SMARTS) is 1. The maximum Gasteiger partial charge on any atom is 1.00 e.